The molecule has 1 N–H and O–H groups in total. The van der Waals surface area contributed by atoms with E-state index in [4.69, 9.17) is 20.9 Å². The van der Waals surface area contributed by atoms with Crippen molar-refractivity contribution in [3.8, 4) is 5.75 Å². The van der Waals surface area contributed by atoms with Crippen LogP contribution in [-0.4, -0.2) is 28.3 Å². The lowest BCUT2D eigenvalue weighted by atomic mass is 10.2. The van der Waals surface area contributed by atoms with Gasteiger partial charge >= 0.3 is 12.8 Å². The first-order valence-corrected chi connectivity index (χ1v) is 8.03. The number of aliphatic carboxylic acids is 1. The number of benzene rings is 1. The molecule has 1 aliphatic rings. The molecule has 0 amide bonds. The average Bonchev–Trinajstić information content (AvgIpc) is 2.79. The quantitative estimate of drug-likeness (QED) is 0.863. The monoisotopic (exact) mass is 289 g/mol. The summed E-state index contributed by atoms with van der Waals surface area (Å²) in [6, 6.07) is 7.66. The molecular weight excluding hydrogens is 277 g/mol. The maximum atomic E-state index is 12.3. The third kappa shape index (κ3) is 2.86. The zero-order valence-corrected chi connectivity index (χ0v) is 11.2. The van der Waals surface area contributed by atoms with Crippen molar-refractivity contribution in [3.63, 3.8) is 0 Å². The molecule has 0 aliphatic carbocycles. The van der Waals surface area contributed by atoms with E-state index in [1.165, 1.54) is 4.67 Å². The summed E-state index contributed by atoms with van der Waals surface area (Å²) in [4.78, 5) is 11.0. The number of nitrogens with zero attached hydrogens (tertiary/aromatic N) is 1. The number of hydrogen-bond donors (Lipinski definition) is 1. The Bertz CT molecular complexity index is 481. The lowest BCUT2D eigenvalue weighted by Gasteiger charge is -2.25. The number of hydrogen-bond acceptors (Lipinski definition) is 3. The molecule has 5 nitrogen and oxygen atoms in total. The van der Waals surface area contributed by atoms with Crippen LogP contribution in [0.2, 0.25) is 0 Å². The molecule has 98 valence electrons. The summed E-state index contributed by atoms with van der Waals surface area (Å²) in [7, 11) is 0. The van der Waals surface area contributed by atoms with Gasteiger partial charge in [0, 0.05) is 17.8 Å². The van der Waals surface area contributed by atoms with Gasteiger partial charge in [-0.05, 0) is 25.0 Å². The summed E-state index contributed by atoms with van der Waals surface area (Å²) in [5.41, 5.74) is 0. The Balaban J connectivity index is 2.16. The van der Waals surface area contributed by atoms with Crippen LogP contribution in [0, 0.1) is 0 Å². The fraction of sp³-hybridized carbons (Fsp3) is 0.364. The standard InChI is InChI=1S/C11H13ClNO4P/c12-18(16,17-9-5-2-1-3-6-9)13-8-4-7-10(13)11(14)15/h1-3,5-6,10H,4,7-8H2,(H,14,15)/t10-,18?/m1/s1. The van der Waals surface area contributed by atoms with Gasteiger partial charge in [-0.1, -0.05) is 18.2 Å². The van der Waals surface area contributed by atoms with E-state index < -0.39 is 18.9 Å². The number of halogens is 1. The SMILES string of the molecule is O=C(O)[C@H]1CCCN1P(=O)(Cl)Oc1ccccc1. The van der Waals surface area contributed by atoms with Gasteiger partial charge < -0.3 is 9.63 Å². The molecule has 7 heteroatoms. The van der Waals surface area contributed by atoms with E-state index in [1.807, 2.05) is 0 Å². The van der Waals surface area contributed by atoms with E-state index in [-0.39, 0.29) is 0 Å². The van der Waals surface area contributed by atoms with E-state index in [0.29, 0.717) is 25.1 Å². The Morgan fingerprint density at radius 2 is 2.11 bits per heavy atom. The fourth-order valence-electron chi connectivity index (χ4n) is 1.95. The van der Waals surface area contributed by atoms with Gasteiger partial charge in [0.05, 0.1) is 0 Å². The van der Waals surface area contributed by atoms with Crippen LogP contribution in [0.3, 0.4) is 0 Å². The maximum Gasteiger partial charge on any atom is 0.412 e. The highest BCUT2D eigenvalue weighted by atomic mass is 35.7. The van der Waals surface area contributed by atoms with Crippen LogP contribution >= 0.6 is 18.1 Å². The molecule has 2 atom stereocenters. The van der Waals surface area contributed by atoms with Gasteiger partial charge in [-0.2, -0.15) is 4.67 Å². The summed E-state index contributed by atoms with van der Waals surface area (Å²) < 4.78 is 18.8. The first-order chi connectivity index (χ1) is 8.50. The second-order valence-electron chi connectivity index (χ2n) is 4.02. The summed E-state index contributed by atoms with van der Waals surface area (Å²) in [5.74, 6) is -0.656. The zero-order valence-electron chi connectivity index (χ0n) is 9.53. The van der Waals surface area contributed by atoms with Crippen molar-refractivity contribution in [1.82, 2.24) is 4.67 Å². The molecule has 1 unspecified atom stereocenters. The molecule has 0 spiro atoms. The number of para-hydroxylation sites is 1. The predicted molar refractivity (Wildman–Crippen MR) is 67.9 cm³/mol. The van der Waals surface area contributed by atoms with Gasteiger partial charge in [-0.3, -0.25) is 4.79 Å². The van der Waals surface area contributed by atoms with E-state index in [9.17, 15) is 9.36 Å². The van der Waals surface area contributed by atoms with Crippen molar-refractivity contribution in [2.75, 3.05) is 6.54 Å². The Kier molecular flexibility index (Phi) is 3.95. The first-order valence-electron chi connectivity index (χ1n) is 5.55. The predicted octanol–water partition coefficient (Wildman–Crippen LogP) is 2.96. The van der Waals surface area contributed by atoms with Gasteiger partial charge in [-0.15, -0.1) is 0 Å². The van der Waals surface area contributed by atoms with Crippen LogP contribution in [0.1, 0.15) is 12.8 Å². The highest BCUT2D eigenvalue weighted by Crippen LogP contribution is 2.58. The third-order valence-electron chi connectivity index (χ3n) is 2.78. The summed E-state index contributed by atoms with van der Waals surface area (Å²) in [6.45, 7) is -3.28. The molecule has 1 fully saturated rings. The lowest BCUT2D eigenvalue weighted by Crippen LogP contribution is -2.33. The lowest BCUT2D eigenvalue weighted by molar-refractivity contribution is -0.140. The van der Waals surface area contributed by atoms with Crippen molar-refractivity contribution >= 4 is 24.1 Å². The van der Waals surface area contributed by atoms with Crippen molar-refractivity contribution < 1.29 is 19.0 Å². The van der Waals surface area contributed by atoms with Crippen molar-refractivity contribution in [1.29, 1.82) is 0 Å². The molecule has 0 bridgehead atoms. The topological polar surface area (TPSA) is 66.8 Å². The largest absolute Gasteiger partial charge is 0.480 e. The van der Waals surface area contributed by atoms with Crippen LogP contribution in [0.15, 0.2) is 30.3 Å². The highest BCUT2D eigenvalue weighted by Gasteiger charge is 2.43. The Labute approximate surface area is 110 Å². The van der Waals surface area contributed by atoms with Gasteiger partial charge in [0.15, 0.2) is 0 Å². The normalized spacial score (nSPS) is 23.5. The van der Waals surface area contributed by atoms with Crippen molar-refractivity contribution in [3.05, 3.63) is 30.3 Å². The third-order valence-corrected chi connectivity index (χ3v) is 5.10. The second-order valence-corrected chi connectivity index (χ2v) is 6.90. The minimum absolute atomic E-state index is 0.366. The van der Waals surface area contributed by atoms with Crippen LogP contribution in [-0.2, 0) is 9.36 Å². The van der Waals surface area contributed by atoms with Crippen LogP contribution in [0.25, 0.3) is 0 Å². The minimum atomic E-state index is -3.65. The van der Waals surface area contributed by atoms with E-state index in [1.54, 1.807) is 30.3 Å². The maximum absolute atomic E-state index is 12.3. The van der Waals surface area contributed by atoms with Crippen LogP contribution in [0.4, 0.5) is 0 Å². The van der Waals surface area contributed by atoms with Gasteiger partial charge in [0.2, 0.25) is 0 Å². The molecule has 1 saturated heterocycles. The second kappa shape index (κ2) is 5.31. The van der Waals surface area contributed by atoms with Gasteiger partial charge in [-0.25, -0.2) is 4.57 Å². The highest BCUT2D eigenvalue weighted by molar-refractivity contribution is 7.83. The van der Waals surface area contributed by atoms with Crippen molar-refractivity contribution in [2.24, 2.45) is 0 Å². The number of carboxylic acid groups (broad SMARTS) is 1. The van der Waals surface area contributed by atoms with Crippen LogP contribution in [0.5, 0.6) is 5.75 Å². The molecule has 18 heavy (non-hydrogen) atoms. The summed E-state index contributed by atoms with van der Waals surface area (Å²) in [6.07, 6.45) is 1.08. The molecule has 0 radical (unpaired) electrons. The average molecular weight is 290 g/mol. The minimum Gasteiger partial charge on any atom is -0.480 e. The smallest absolute Gasteiger partial charge is 0.412 e. The van der Waals surface area contributed by atoms with Crippen LogP contribution < -0.4 is 4.52 Å². The molecule has 1 aliphatic heterocycles. The Morgan fingerprint density at radius 3 is 2.72 bits per heavy atom. The summed E-state index contributed by atoms with van der Waals surface area (Å²) >= 11 is 5.91. The zero-order chi connectivity index (χ0) is 13.2. The summed E-state index contributed by atoms with van der Waals surface area (Å²) in [5, 5.41) is 9.04. The van der Waals surface area contributed by atoms with Crippen molar-refractivity contribution in [2.45, 2.75) is 18.9 Å². The van der Waals surface area contributed by atoms with E-state index in [2.05, 4.69) is 0 Å². The molecule has 1 heterocycles. The van der Waals surface area contributed by atoms with Gasteiger partial charge in [0.1, 0.15) is 11.8 Å². The van der Waals surface area contributed by atoms with E-state index in [0.717, 1.165) is 0 Å². The number of rotatable bonds is 4. The Hall–Kier alpha value is -1.03. The fourth-order valence-corrected chi connectivity index (χ4v) is 4.15. The Morgan fingerprint density at radius 1 is 1.44 bits per heavy atom. The molecular formula is C11H13ClNO4P. The first kappa shape index (κ1) is 13.4. The molecule has 1 aromatic rings. The number of carbonyl (C=O) groups is 1. The molecule has 0 aromatic heterocycles. The van der Waals surface area contributed by atoms with Gasteiger partial charge in [0.25, 0.3) is 0 Å². The molecule has 0 saturated carbocycles. The molecule has 2 rings (SSSR count). The number of carboxylic acids is 1. The molecule has 1 aromatic carbocycles. The van der Waals surface area contributed by atoms with E-state index >= 15 is 0 Å².